The van der Waals surface area contributed by atoms with Crippen molar-refractivity contribution in [3.8, 4) is 0 Å². The van der Waals surface area contributed by atoms with E-state index in [2.05, 4.69) is 33.9 Å². The smallest absolute Gasteiger partial charge is 0.225 e. The Morgan fingerprint density at radius 2 is 2.19 bits per heavy atom. The number of hydrogen-bond acceptors (Lipinski definition) is 6. The topological polar surface area (TPSA) is 50.7 Å². The van der Waals surface area contributed by atoms with Crippen LogP contribution in [0.25, 0.3) is 0 Å². The Labute approximate surface area is 126 Å². The van der Waals surface area contributed by atoms with Gasteiger partial charge in [-0.3, -0.25) is 0 Å². The quantitative estimate of drug-likeness (QED) is 0.815. The van der Waals surface area contributed by atoms with Crippen molar-refractivity contribution in [1.82, 2.24) is 14.9 Å². The van der Waals surface area contributed by atoms with Crippen molar-refractivity contribution in [3.05, 3.63) is 18.5 Å². The molecule has 0 unspecified atom stereocenters. The lowest BCUT2D eigenvalue weighted by molar-refractivity contribution is -0.0458. The maximum absolute atomic E-state index is 6.18. The van der Waals surface area contributed by atoms with E-state index in [0.29, 0.717) is 19.1 Å². The molecule has 21 heavy (non-hydrogen) atoms. The van der Waals surface area contributed by atoms with Crippen LogP contribution in [-0.4, -0.2) is 74.0 Å². The molecule has 2 fully saturated rings. The van der Waals surface area contributed by atoms with E-state index >= 15 is 0 Å². The fourth-order valence-corrected chi connectivity index (χ4v) is 3.31. The molecule has 2 saturated heterocycles. The minimum atomic E-state index is -0.212. The number of anilines is 1. The van der Waals surface area contributed by atoms with Crippen LogP contribution in [0.4, 0.5) is 5.95 Å². The first-order valence-corrected chi connectivity index (χ1v) is 7.55. The zero-order valence-electron chi connectivity index (χ0n) is 12.9. The largest absolute Gasteiger partial charge is 0.377 e. The van der Waals surface area contributed by atoms with Gasteiger partial charge in [0.2, 0.25) is 5.95 Å². The van der Waals surface area contributed by atoms with Gasteiger partial charge in [0.1, 0.15) is 5.60 Å². The van der Waals surface area contributed by atoms with Crippen molar-refractivity contribution in [1.29, 1.82) is 0 Å². The van der Waals surface area contributed by atoms with Gasteiger partial charge in [0.15, 0.2) is 0 Å². The Morgan fingerprint density at radius 1 is 1.38 bits per heavy atom. The summed E-state index contributed by atoms with van der Waals surface area (Å²) in [5, 5.41) is 0. The lowest BCUT2D eigenvalue weighted by atomic mass is 9.94. The third kappa shape index (κ3) is 3.51. The zero-order chi connectivity index (χ0) is 14.7. The molecule has 0 N–H and O–H groups in total. The van der Waals surface area contributed by atoms with E-state index in [0.717, 1.165) is 38.6 Å². The van der Waals surface area contributed by atoms with Gasteiger partial charge in [-0.25, -0.2) is 9.97 Å². The molecule has 3 rings (SSSR count). The highest BCUT2D eigenvalue weighted by Crippen LogP contribution is 2.33. The minimum absolute atomic E-state index is 0.212. The third-order valence-electron chi connectivity index (χ3n) is 4.09. The van der Waals surface area contributed by atoms with Gasteiger partial charge < -0.3 is 19.3 Å². The standard InChI is InChI=1S/C15H24N4O2/c1-18(2)9-13-8-15(21-10-13)11-19(6-7-20-12-15)14-16-4-3-5-17-14/h3-5,13H,6-12H2,1-2H3/t13-,15-/m0/s1. The third-order valence-corrected chi connectivity index (χ3v) is 4.09. The van der Waals surface area contributed by atoms with E-state index in [1.54, 1.807) is 12.4 Å². The first-order valence-electron chi connectivity index (χ1n) is 7.55. The Hall–Kier alpha value is -1.24. The van der Waals surface area contributed by atoms with Gasteiger partial charge in [-0.15, -0.1) is 0 Å². The highest BCUT2D eigenvalue weighted by atomic mass is 16.5. The van der Waals surface area contributed by atoms with Crippen LogP contribution in [0, 0.1) is 5.92 Å². The van der Waals surface area contributed by atoms with Crippen molar-refractivity contribution in [2.24, 2.45) is 5.92 Å². The molecule has 2 aliphatic heterocycles. The van der Waals surface area contributed by atoms with Gasteiger partial charge in [-0.1, -0.05) is 0 Å². The highest BCUT2D eigenvalue weighted by molar-refractivity contribution is 5.30. The molecular weight excluding hydrogens is 268 g/mol. The molecule has 2 atom stereocenters. The van der Waals surface area contributed by atoms with Gasteiger partial charge in [-0.05, 0) is 32.5 Å². The molecule has 0 saturated carbocycles. The molecule has 2 aliphatic rings. The molecule has 116 valence electrons. The van der Waals surface area contributed by atoms with Gasteiger partial charge in [0.05, 0.1) is 26.4 Å². The zero-order valence-corrected chi connectivity index (χ0v) is 12.9. The summed E-state index contributed by atoms with van der Waals surface area (Å²) in [4.78, 5) is 13.1. The lowest BCUT2D eigenvalue weighted by Crippen LogP contribution is -2.44. The molecule has 1 spiro atoms. The van der Waals surface area contributed by atoms with Crippen LogP contribution in [0.15, 0.2) is 18.5 Å². The molecule has 0 bridgehead atoms. The average Bonchev–Trinajstić information content (AvgIpc) is 2.73. The highest BCUT2D eigenvalue weighted by Gasteiger charge is 2.43. The van der Waals surface area contributed by atoms with Crippen molar-refractivity contribution >= 4 is 5.95 Å². The van der Waals surface area contributed by atoms with Crippen molar-refractivity contribution in [3.63, 3.8) is 0 Å². The Balaban J connectivity index is 1.71. The minimum Gasteiger partial charge on any atom is -0.377 e. The van der Waals surface area contributed by atoms with Crippen LogP contribution in [0.5, 0.6) is 0 Å². The van der Waals surface area contributed by atoms with E-state index in [1.807, 2.05) is 6.07 Å². The average molecular weight is 292 g/mol. The summed E-state index contributed by atoms with van der Waals surface area (Å²) in [7, 11) is 4.22. The van der Waals surface area contributed by atoms with Crippen LogP contribution >= 0.6 is 0 Å². The second-order valence-corrected chi connectivity index (χ2v) is 6.35. The fourth-order valence-electron chi connectivity index (χ4n) is 3.31. The van der Waals surface area contributed by atoms with Gasteiger partial charge in [-0.2, -0.15) is 0 Å². The fraction of sp³-hybridized carbons (Fsp3) is 0.733. The number of ether oxygens (including phenoxy) is 2. The number of aromatic nitrogens is 2. The number of nitrogens with zero attached hydrogens (tertiary/aromatic N) is 4. The van der Waals surface area contributed by atoms with Crippen LogP contribution in [0.3, 0.4) is 0 Å². The van der Waals surface area contributed by atoms with Crippen molar-refractivity contribution in [2.75, 3.05) is 58.5 Å². The van der Waals surface area contributed by atoms with Gasteiger partial charge in [0.25, 0.3) is 0 Å². The second-order valence-electron chi connectivity index (χ2n) is 6.35. The summed E-state index contributed by atoms with van der Waals surface area (Å²) in [6.45, 7) is 4.85. The van der Waals surface area contributed by atoms with Crippen LogP contribution in [0.1, 0.15) is 6.42 Å². The molecule has 1 aromatic rings. The summed E-state index contributed by atoms with van der Waals surface area (Å²) in [6.07, 6.45) is 4.60. The summed E-state index contributed by atoms with van der Waals surface area (Å²) >= 11 is 0. The van der Waals surface area contributed by atoms with Crippen molar-refractivity contribution in [2.45, 2.75) is 12.0 Å². The van der Waals surface area contributed by atoms with E-state index in [9.17, 15) is 0 Å². The van der Waals surface area contributed by atoms with E-state index in [4.69, 9.17) is 9.47 Å². The summed E-state index contributed by atoms with van der Waals surface area (Å²) in [5.74, 6) is 1.34. The maximum Gasteiger partial charge on any atom is 0.225 e. The Morgan fingerprint density at radius 3 is 2.95 bits per heavy atom. The summed E-state index contributed by atoms with van der Waals surface area (Å²) < 4.78 is 12.0. The molecule has 6 nitrogen and oxygen atoms in total. The molecule has 0 amide bonds. The van der Waals surface area contributed by atoms with E-state index < -0.39 is 0 Å². The summed E-state index contributed by atoms with van der Waals surface area (Å²) in [5.41, 5.74) is -0.212. The first kappa shape index (κ1) is 14.7. The molecular formula is C15H24N4O2. The normalized spacial score (nSPS) is 30.0. The number of rotatable bonds is 3. The van der Waals surface area contributed by atoms with E-state index in [-0.39, 0.29) is 5.60 Å². The monoisotopic (exact) mass is 292 g/mol. The maximum atomic E-state index is 6.18. The van der Waals surface area contributed by atoms with E-state index in [1.165, 1.54) is 0 Å². The SMILES string of the molecule is CN(C)C[C@H]1CO[C@@]2(COCCN(c3ncccn3)C2)C1. The molecule has 6 heteroatoms. The number of hydrogen-bond donors (Lipinski definition) is 0. The second kappa shape index (κ2) is 6.25. The van der Waals surface area contributed by atoms with Gasteiger partial charge in [0, 0.05) is 25.5 Å². The Bertz CT molecular complexity index is 456. The summed E-state index contributed by atoms with van der Waals surface area (Å²) in [6, 6.07) is 1.84. The van der Waals surface area contributed by atoms with Crippen LogP contribution < -0.4 is 4.90 Å². The Kier molecular flexibility index (Phi) is 4.37. The van der Waals surface area contributed by atoms with Crippen LogP contribution in [-0.2, 0) is 9.47 Å². The molecule has 3 heterocycles. The molecule has 1 aromatic heterocycles. The molecule has 0 radical (unpaired) electrons. The van der Waals surface area contributed by atoms with Crippen LogP contribution in [0.2, 0.25) is 0 Å². The first-order chi connectivity index (χ1) is 10.2. The van der Waals surface area contributed by atoms with Crippen molar-refractivity contribution < 1.29 is 9.47 Å². The predicted molar refractivity (Wildman–Crippen MR) is 80.4 cm³/mol. The predicted octanol–water partition coefficient (Wildman–Crippen LogP) is 0.650. The lowest BCUT2D eigenvalue weighted by Gasteiger charge is -2.31. The molecule has 0 aliphatic carbocycles. The molecule has 0 aromatic carbocycles. The van der Waals surface area contributed by atoms with Gasteiger partial charge >= 0.3 is 0 Å².